The van der Waals surface area contributed by atoms with Gasteiger partial charge in [-0.1, -0.05) is 30.3 Å². The molecule has 3 aromatic rings. The van der Waals surface area contributed by atoms with Crippen LogP contribution in [0.2, 0.25) is 0 Å². The number of halogens is 1. The summed E-state index contributed by atoms with van der Waals surface area (Å²) in [6.45, 7) is 0. The first-order chi connectivity index (χ1) is 7.40. The standard InChI is InChI=1S/C13H9ClS/c14-8-9-4-3-7-12-13(9)10-5-1-2-6-11(10)15-12/h1-7H,8H2. The third-order valence-electron chi connectivity index (χ3n) is 2.63. The highest BCUT2D eigenvalue weighted by atomic mass is 35.5. The molecule has 2 aromatic carbocycles. The fraction of sp³-hybridized carbons (Fsp3) is 0.0769. The molecule has 0 spiro atoms. The maximum Gasteiger partial charge on any atom is 0.0480 e. The Balaban J connectivity index is 2.56. The van der Waals surface area contributed by atoms with E-state index in [1.165, 1.54) is 25.7 Å². The van der Waals surface area contributed by atoms with Gasteiger partial charge in [0.2, 0.25) is 0 Å². The van der Waals surface area contributed by atoms with Crippen molar-refractivity contribution in [2.24, 2.45) is 0 Å². The zero-order chi connectivity index (χ0) is 10.3. The van der Waals surface area contributed by atoms with Gasteiger partial charge in [0.15, 0.2) is 0 Å². The van der Waals surface area contributed by atoms with Gasteiger partial charge in [0.25, 0.3) is 0 Å². The number of alkyl halides is 1. The smallest absolute Gasteiger partial charge is 0.0480 e. The van der Waals surface area contributed by atoms with E-state index < -0.39 is 0 Å². The molecule has 0 aliphatic heterocycles. The fourth-order valence-corrected chi connectivity index (χ4v) is 3.34. The van der Waals surface area contributed by atoms with E-state index in [-0.39, 0.29) is 0 Å². The summed E-state index contributed by atoms with van der Waals surface area (Å²) in [6.07, 6.45) is 0. The van der Waals surface area contributed by atoms with Crippen LogP contribution in [-0.4, -0.2) is 0 Å². The maximum atomic E-state index is 5.97. The molecule has 0 saturated carbocycles. The van der Waals surface area contributed by atoms with E-state index in [4.69, 9.17) is 11.6 Å². The number of fused-ring (bicyclic) bond motifs is 3. The Kier molecular flexibility index (Phi) is 2.15. The highest BCUT2D eigenvalue weighted by Gasteiger charge is 2.07. The first-order valence-electron chi connectivity index (χ1n) is 4.85. The lowest BCUT2D eigenvalue weighted by Gasteiger charge is -1.98. The molecule has 1 aromatic heterocycles. The molecule has 0 radical (unpaired) electrons. The van der Waals surface area contributed by atoms with E-state index in [0.29, 0.717) is 5.88 Å². The Hall–Kier alpha value is -1.05. The van der Waals surface area contributed by atoms with Crippen LogP contribution in [0.4, 0.5) is 0 Å². The molecule has 1 heterocycles. The van der Waals surface area contributed by atoms with Crippen molar-refractivity contribution in [1.29, 1.82) is 0 Å². The second kappa shape index (κ2) is 3.51. The number of hydrogen-bond donors (Lipinski definition) is 0. The minimum atomic E-state index is 0.581. The van der Waals surface area contributed by atoms with Crippen molar-refractivity contribution in [2.45, 2.75) is 5.88 Å². The predicted octanol–water partition coefficient (Wildman–Crippen LogP) is 4.79. The first kappa shape index (κ1) is 9.20. The Morgan fingerprint density at radius 1 is 0.933 bits per heavy atom. The van der Waals surface area contributed by atoms with E-state index in [0.717, 1.165) is 0 Å². The number of thiophene rings is 1. The molecule has 0 aliphatic rings. The average molecular weight is 233 g/mol. The zero-order valence-electron chi connectivity index (χ0n) is 8.03. The van der Waals surface area contributed by atoms with E-state index >= 15 is 0 Å². The second-order valence-corrected chi connectivity index (χ2v) is 4.87. The molecule has 0 aliphatic carbocycles. The topological polar surface area (TPSA) is 0 Å². The highest BCUT2D eigenvalue weighted by molar-refractivity contribution is 7.25. The van der Waals surface area contributed by atoms with Crippen molar-refractivity contribution in [1.82, 2.24) is 0 Å². The highest BCUT2D eigenvalue weighted by Crippen LogP contribution is 2.36. The van der Waals surface area contributed by atoms with Gasteiger partial charge < -0.3 is 0 Å². The quantitative estimate of drug-likeness (QED) is 0.529. The number of hydrogen-bond acceptors (Lipinski definition) is 1. The van der Waals surface area contributed by atoms with Gasteiger partial charge >= 0.3 is 0 Å². The van der Waals surface area contributed by atoms with Gasteiger partial charge in [0.1, 0.15) is 0 Å². The Labute approximate surface area is 97.1 Å². The predicted molar refractivity (Wildman–Crippen MR) is 68.9 cm³/mol. The van der Waals surface area contributed by atoms with Crippen LogP contribution in [0.5, 0.6) is 0 Å². The lowest BCUT2D eigenvalue weighted by atomic mass is 10.1. The largest absolute Gasteiger partial charge is 0.135 e. The van der Waals surface area contributed by atoms with Crippen molar-refractivity contribution in [3.05, 3.63) is 48.0 Å². The molecule has 74 valence electrons. The molecule has 0 atom stereocenters. The molecule has 2 heteroatoms. The average Bonchev–Trinajstić information content (AvgIpc) is 2.67. The molecule has 0 saturated heterocycles. The van der Waals surface area contributed by atoms with E-state index in [9.17, 15) is 0 Å². The SMILES string of the molecule is ClCc1cccc2sc3ccccc3c12. The van der Waals surface area contributed by atoms with Crippen molar-refractivity contribution in [3.63, 3.8) is 0 Å². The van der Waals surface area contributed by atoms with Crippen LogP contribution in [0.15, 0.2) is 42.5 Å². The molecule has 3 rings (SSSR count). The molecular formula is C13H9ClS. The summed E-state index contributed by atoms with van der Waals surface area (Å²) in [5.41, 5.74) is 1.23. The molecule has 0 unspecified atom stereocenters. The fourth-order valence-electron chi connectivity index (χ4n) is 1.96. The number of benzene rings is 2. The summed E-state index contributed by atoms with van der Waals surface area (Å²) in [5.74, 6) is 0.581. The van der Waals surface area contributed by atoms with Crippen LogP contribution >= 0.6 is 22.9 Å². The van der Waals surface area contributed by atoms with Crippen LogP contribution in [-0.2, 0) is 5.88 Å². The van der Waals surface area contributed by atoms with Gasteiger partial charge in [-0.15, -0.1) is 22.9 Å². The van der Waals surface area contributed by atoms with Gasteiger partial charge in [0, 0.05) is 26.1 Å². The monoisotopic (exact) mass is 232 g/mol. The molecule has 0 bridgehead atoms. The third-order valence-corrected chi connectivity index (χ3v) is 4.06. The zero-order valence-corrected chi connectivity index (χ0v) is 9.61. The lowest BCUT2D eigenvalue weighted by molar-refractivity contribution is 1.47. The maximum absolute atomic E-state index is 5.97. The van der Waals surface area contributed by atoms with Crippen molar-refractivity contribution in [3.8, 4) is 0 Å². The minimum Gasteiger partial charge on any atom is -0.135 e. The van der Waals surface area contributed by atoms with Gasteiger partial charge in [-0.3, -0.25) is 0 Å². The lowest BCUT2D eigenvalue weighted by Crippen LogP contribution is -1.77. The van der Waals surface area contributed by atoms with Gasteiger partial charge in [-0.2, -0.15) is 0 Å². The van der Waals surface area contributed by atoms with Crippen molar-refractivity contribution < 1.29 is 0 Å². The third kappa shape index (κ3) is 1.35. The van der Waals surface area contributed by atoms with Crippen LogP contribution in [0.25, 0.3) is 20.2 Å². The van der Waals surface area contributed by atoms with Gasteiger partial charge in [-0.25, -0.2) is 0 Å². The van der Waals surface area contributed by atoms with Gasteiger partial charge in [-0.05, 0) is 17.7 Å². The summed E-state index contributed by atoms with van der Waals surface area (Å²) >= 11 is 7.80. The van der Waals surface area contributed by atoms with Gasteiger partial charge in [0.05, 0.1) is 0 Å². The van der Waals surface area contributed by atoms with Crippen LogP contribution < -0.4 is 0 Å². The molecular weight excluding hydrogens is 224 g/mol. The Morgan fingerprint density at radius 3 is 2.60 bits per heavy atom. The Bertz CT molecular complexity index is 625. The van der Waals surface area contributed by atoms with Crippen LogP contribution in [0, 0.1) is 0 Å². The minimum absolute atomic E-state index is 0.581. The molecule has 0 amide bonds. The summed E-state index contributed by atoms with van der Waals surface area (Å²) in [5, 5.41) is 2.65. The number of rotatable bonds is 1. The molecule has 0 N–H and O–H groups in total. The van der Waals surface area contributed by atoms with Crippen LogP contribution in [0.1, 0.15) is 5.56 Å². The van der Waals surface area contributed by atoms with Crippen molar-refractivity contribution >= 4 is 43.1 Å². The molecule has 0 fully saturated rings. The molecule has 15 heavy (non-hydrogen) atoms. The molecule has 0 nitrogen and oxygen atoms in total. The second-order valence-electron chi connectivity index (χ2n) is 3.52. The summed E-state index contributed by atoms with van der Waals surface area (Å²) in [4.78, 5) is 0. The summed E-state index contributed by atoms with van der Waals surface area (Å²) < 4.78 is 2.67. The van der Waals surface area contributed by atoms with E-state index in [2.05, 4.69) is 42.5 Å². The van der Waals surface area contributed by atoms with E-state index in [1.54, 1.807) is 0 Å². The Morgan fingerprint density at radius 2 is 1.73 bits per heavy atom. The summed E-state index contributed by atoms with van der Waals surface area (Å²) in [6, 6.07) is 14.8. The normalized spacial score (nSPS) is 11.3. The first-order valence-corrected chi connectivity index (χ1v) is 6.20. The summed E-state index contributed by atoms with van der Waals surface area (Å²) in [7, 11) is 0. The van der Waals surface area contributed by atoms with Crippen molar-refractivity contribution in [2.75, 3.05) is 0 Å². The van der Waals surface area contributed by atoms with Crippen LogP contribution in [0.3, 0.4) is 0 Å². The van der Waals surface area contributed by atoms with E-state index in [1.807, 2.05) is 11.3 Å².